The van der Waals surface area contributed by atoms with E-state index in [2.05, 4.69) is 5.32 Å². The van der Waals surface area contributed by atoms with Crippen molar-refractivity contribution in [1.29, 1.82) is 0 Å². The third-order valence-corrected chi connectivity index (χ3v) is 2.03. The normalized spacial score (nSPS) is 15.0. The summed E-state index contributed by atoms with van der Waals surface area (Å²) in [6, 6.07) is 6.88. The summed E-state index contributed by atoms with van der Waals surface area (Å²) in [7, 11) is 0. The van der Waals surface area contributed by atoms with Gasteiger partial charge in [0.1, 0.15) is 5.82 Å². The monoisotopic (exact) mass is 199 g/mol. The van der Waals surface area contributed by atoms with E-state index in [1.165, 1.54) is 6.07 Å². The highest BCUT2D eigenvalue weighted by atomic mass is 35.5. The summed E-state index contributed by atoms with van der Waals surface area (Å²) in [5.41, 5.74) is 1.79. The van der Waals surface area contributed by atoms with Crippen LogP contribution in [0, 0.1) is 5.82 Å². The Bertz CT molecular complexity index is 322. The quantitative estimate of drug-likeness (QED) is 0.732. The lowest BCUT2D eigenvalue weighted by Crippen LogP contribution is -2.07. The topological polar surface area (TPSA) is 12.0 Å². The van der Waals surface area contributed by atoms with Gasteiger partial charge in [-0.1, -0.05) is 24.3 Å². The van der Waals surface area contributed by atoms with Gasteiger partial charge in [-0.15, -0.1) is 12.4 Å². The summed E-state index contributed by atoms with van der Waals surface area (Å²) in [6.07, 6.45) is 2.03. The molecule has 2 rings (SSSR count). The van der Waals surface area contributed by atoms with Crippen molar-refractivity contribution in [2.24, 2.45) is 0 Å². The molecule has 0 aliphatic carbocycles. The van der Waals surface area contributed by atoms with Gasteiger partial charge in [-0.2, -0.15) is 0 Å². The van der Waals surface area contributed by atoms with E-state index in [9.17, 15) is 4.39 Å². The number of hydrogen-bond acceptors (Lipinski definition) is 1. The molecule has 0 saturated carbocycles. The molecule has 1 N–H and O–H groups in total. The average Bonchev–Trinajstić information content (AvgIpc) is 2.57. The van der Waals surface area contributed by atoms with Crippen molar-refractivity contribution in [2.75, 3.05) is 13.1 Å². The molecule has 1 aromatic rings. The lowest BCUT2D eigenvalue weighted by molar-refractivity contribution is 0.623. The molecule has 1 aliphatic heterocycles. The molecule has 0 amide bonds. The van der Waals surface area contributed by atoms with Crippen LogP contribution in [0.25, 0.3) is 5.57 Å². The molecule has 0 atom stereocenters. The third-order valence-electron chi connectivity index (χ3n) is 2.03. The van der Waals surface area contributed by atoms with Gasteiger partial charge < -0.3 is 5.32 Å². The van der Waals surface area contributed by atoms with Crippen molar-refractivity contribution in [3.8, 4) is 0 Å². The fourth-order valence-electron chi connectivity index (χ4n) is 1.40. The van der Waals surface area contributed by atoms with Gasteiger partial charge in [0, 0.05) is 18.7 Å². The van der Waals surface area contributed by atoms with Crippen LogP contribution in [0.15, 0.2) is 30.3 Å². The zero-order valence-electron chi connectivity index (χ0n) is 7.09. The van der Waals surface area contributed by atoms with E-state index in [0.717, 1.165) is 24.2 Å². The predicted molar refractivity (Wildman–Crippen MR) is 54.5 cm³/mol. The van der Waals surface area contributed by atoms with E-state index in [1.54, 1.807) is 6.07 Å². The molecule has 0 saturated heterocycles. The lowest BCUT2D eigenvalue weighted by atomic mass is 10.1. The maximum atomic E-state index is 13.2. The Morgan fingerprint density at radius 2 is 2.00 bits per heavy atom. The van der Waals surface area contributed by atoms with Crippen molar-refractivity contribution < 1.29 is 4.39 Å². The molecule has 1 aliphatic rings. The van der Waals surface area contributed by atoms with Crippen LogP contribution in [0.3, 0.4) is 0 Å². The maximum absolute atomic E-state index is 13.2. The zero-order valence-corrected chi connectivity index (χ0v) is 7.90. The van der Waals surface area contributed by atoms with Crippen LogP contribution in [0.5, 0.6) is 0 Å². The standard InChI is InChI=1S/C10H10FN.ClH/c11-10-4-2-1-3-9(10)8-5-6-12-7-8;/h1-5,12H,6-7H2;1H. The second-order valence-corrected chi connectivity index (χ2v) is 2.84. The molecule has 0 radical (unpaired) electrons. The molecular weight excluding hydrogens is 189 g/mol. The maximum Gasteiger partial charge on any atom is 0.130 e. The first-order chi connectivity index (χ1) is 5.88. The Kier molecular flexibility index (Phi) is 3.46. The number of rotatable bonds is 1. The largest absolute Gasteiger partial charge is 0.309 e. The van der Waals surface area contributed by atoms with Crippen molar-refractivity contribution in [1.82, 2.24) is 5.32 Å². The van der Waals surface area contributed by atoms with Gasteiger partial charge >= 0.3 is 0 Å². The molecule has 13 heavy (non-hydrogen) atoms. The fraction of sp³-hybridized carbons (Fsp3) is 0.200. The molecule has 1 nitrogen and oxygen atoms in total. The highest BCUT2D eigenvalue weighted by Gasteiger charge is 2.09. The summed E-state index contributed by atoms with van der Waals surface area (Å²) in [4.78, 5) is 0. The van der Waals surface area contributed by atoms with Gasteiger partial charge in [-0.3, -0.25) is 0 Å². The lowest BCUT2D eigenvalue weighted by Gasteiger charge is -2.02. The number of halogens is 2. The Morgan fingerprint density at radius 1 is 1.23 bits per heavy atom. The van der Waals surface area contributed by atoms with E-state index < -0.39 is 0 Å². The highest BCUT2D eigenvalue weighted by molar-refractivity contribution is 5.85. The Labute approximate surface area is 83.1 Å². The second-order valence-electron chi connectivity index (χ2n) is 2.84. The minimum Gasteiger partial charge on any atom is -0.309 e. The van der Waals surface area contributed by atoms with Crippen LogP contribution in [-0.4, -0.2) is 13.1 Å². The van der Waals surface area contributed by atoms with Gasteiger partial charge in [-0.25, -0.2) is 4.39 Å². The van der Waals surface area contributed by atoms with Crippen LogP contribution in [0.4, 0.5) is 4.39 Å². The fourth-order valence-corrected chi connectivity index (χ4v) is 1.40. The molecule has 70 valence electrons. The van der Waals surface area contributed by atoms with Crippen LogP contribution in [0.2, 0.25) is 0 Å². The summed E-state index contributed by atoms with van der Waals surface area (Å²) in [5.74, 6) is -0.132. The second kappa shape index (κ2) is 4.40. The van der Waals surface area contributed by atoms with Crippen LogP contribution in [-0.2, 0) is 0 Å². The molecule has 3 heteroatoms. The summed E-state index contributed by atoms with van der Waals surface area (Å²) in [5, 5.41) is 3.14. The average molecular weight is 200 g/mol. The van der Waals surface area contributed by atoms with E-state index >= 15 is 0 Å². The van der Waals surface area contributed by atoms with Crippen molar-refractivity contribution in [3.05, 3.63) is 41.7 Å². The first-order valence-corrected chi connectivity index (χ1v) is 4.02. The van der Waals surface area contributed by atoms with Crippen LogP contribution >= 0.6 is 12.4 Å². The Balaban J connectivity index is 0.000000845. The molecule has 0 unspecified atom stereocenters. The van der Waals surface area contributed by atoms with Crippen molar-refractivity contribution >= 4 is 18.0 Å². The van der Waals surface area contributed by atoms with Crippen molar-refractivity contribution in [2.45, 2.75) is 0 Å². The Hall–Kier alpha value is -0.860. The Morgan fingerprint density at radius 3 is 2.62 bits per heavy atom. The first-order valence-electron chi connectivity index (χ1n) is 4.02. The molecule has 0 fully saturated rings. The van der Waals surface area contributed by atoms with E-state index in [4.69, 9.17) is 0 Å². The SMILES string of the molecule is Cl.Fc1ccccc1C1=CCNC1. The number of benzene rings is 1. The van der Waals surface area contributed by atoms with Crippen molar-refractivity contribution in [3.63, 3.8) is 0 Å². The van der Waals surface area contributed by atoms with Gasteiger partial charge in [-0.05, 0) is 11.6 Å². The molecule has 0 bridgehead atoms. The van der Waals surface area contributed by atoms with Gasteiger partial charge in [0.15, 0.2) is 0 Å². The van der Waals surface area contributed by atoms with E-state index in [-0.39, 0.29) is 18.2 Å². The molecular formula is C10H11ClFN. The van der Waals surface area contributed by atoms with E-state index in [0.29, 0.717) is 0 Å². The molecule has 0 aromatic heterocycles. The van der Waals surface area contributed by atoms with Crippen LogP contribution < -0.4 is 5.32 Å². The summed E-state index contributed by atoms with van der Waals surface area (Å²) in [6.45, 7) is 1.63. The predicted octanol–water partition coefficient (Wildman–Crippen LogP) is 2.23. The molecule has 1 heterocycles. The van der Waals surface area contributed by atoms with Gasteiger partial charge in [0.05, 0.1) is 0 Å². The van der Waals surface area contributed by atoms with Gasteiger partial charge in [0.2, 0.25) is 0 Å². The molecule has 1 aromatic carbocycles. The van der Waals surface area contributed by atoms with Crippen LogP contribution in [0.1, 0.15) is 5.56 Å². The molecule has 0 spiro atoms. The first kappa shape index (κ1) is 10.2. The highest BCUT2D eigenvalue weighted by Crippen LogP contribution is 2.18. The van der Waals surface area contributed by atoms with E-state index in [1.807, 2.05) is 18.2 Å². The van der Waals surface area contributed by atoms with Gasteiger partial charge in [0.25, 0.3) is 0 Å². The zero-order chi connectivity index (χ0) is 8.39. The number of hydrogen-bond donors (Lipinski definition) is 1. The third kappa shape index (κ3) is 2.08. The summed E-state index contributed by atoms with van der Waals surface area (Å²) < 4.78 is 13.2. The smallest absolute Gasteiger partial charge is 0.130 e. The summed E-state index contributed by atoms with van der Waals surface area (Å²) >= 11 is 0. The minimum absolute atomic E-state index is 0. The minimum atomic E-state index is -0.132. The number of nitrogens with one attached hydrogen (secondary N) is 1.